The first-order chi connectivity index (χ1) is 8.90. The van der Waals surface area contributed by atoms with Crippen LogP contribution in [-0.4, -0.2) is 30.3 Å². The normalized spacial score (nSPS) is 27.9. The quantitative estimate of drug-likeness (QED) is 0.770. The largest absolute Gasteiger partial charge is 0.374 e. The highest BCUT2D eigenvalue weighted by molar-refractivity contribution is 6.17. The van der Waals surface area contributed by atoms with E-state index in [1.807, 2.05) is 18.5 Å². The van der Waals surface area contributed by atoms with Crippen molar-refractivity contribution in [3.8, 4) is 0 Å². The van der Waals surface area contributed by atoms with Crippen LogP contribution in [0.3, 0.4) is 0 Å². The Morgan fingerprint density at radius 2 is 2.28 bits per heavy atom. The Balaban J connectivity index is 1.89. The number of pyridine rings is 1. The van der Waals surface area contributed by atoms with Gasteiger partial charge in [-0.25, -0.2) is 0 Å². The molecule has 0 amide bonds. The number of halogens is 1. The Hall–Kier alpha value is -0.800. The van der Waals surface area contributed by atoms with Crippen LogP contribution in [-0.2, 0) is 10.6 Å². The smallest absolute Gasteiger partial charge is 0.0779 e. The van der Waals surface area contributed by atoms with Gasteiger partial charge in [0.25, 0.3) is 0 Å². The molecule has 0 aromatic carbocycles. The molecule has 2 aliphatic rings. The van der Waals surface area contributed by atoms with Gasteiger partial charge in [0.1, 0.15) is 0 Å². The fourth-order valence-corrected chi connectivity index (χ4v) is 3.41. The van der Waals surface area contributed by atoms with Crippen LogP contribution in [0.15, 0.2) is 18.5 Å². The molecule has 1 saturated heterocycles. The Bertz CT molecular complexity index is 411. The Morgan fingerprint density at radius 3 is 3.17 bits per heavy atom. The molecule has 18 heavy (non-hydrogen) atoms. The van der Waals surface area contributed by atoms with Crippen LogP contribution in [0.5, 0.6) is 0 Å². The second-order valence-electron chi connectivity index (χ2n) is 5.09. The first kappa shape index (κ1) is 12.2. The molecule has 0 bridgehead atoms. The third kappa shape index (κ3) is 2.21. The van der Waals surface area contributed by atoms with Crippen molar-refractivity contribution in [2.75, 3.05) is 18.1 Å². The van der Waals surface area contributed by atoms with E-state index in [0.29, 0.717) is 18.0 Å². The van der Waals surface area contributed by atoms with Crippen LogP contribution < -0.4 is 4.90 Å². The molecular weight excluding hydrogens is 248 g/mol. The number of hydrogen-bond donors (Lipinski definition) is 0. The summed E-state index contributed by atoms with van der Waals surface area (Å²) in [6.45, 7) is 1.77. The van der Waals surface area contributed by atoms with Crippen molar-refractivity contribution in [2.24, 2.45) is 0 Å². The molecular formula is C14H19ClN2O. The van der Waals surface area contributed by atoms with Gasteiger partial charge in [-0.1, -0.05) is 12.8 Å². The zero-order valence-electron chi connectivity index (χ0n) is 10.5. The molecule has 3 rings (SSSR count). The molecule has 3 nitrogen and oxygen atoms in total. The van der Waals surface area contributed by atoms with Gasteiger partial charge in [0, 0.05) is 18.6 Å². The van der Waals surface area contributed by atoms with Gasteiger partial charge in [0.15, 0.2) is 0 Å². The van der Waals surface area contributed by atoms with Gasteiger partial charge in [-0.05, 0) is 24.5 Å². The summed E-state index contributed by atoms with van der Waals surface area (Å²) >= 11 is 6.04. The number of hydrogen-bond acceptors (Lipinski definition) is 3. The predicted octanol–water partition coefficient (Wildman–Crippen LogP) is 2.97. The average Bonchev–Trinajstić information content (AvgIpc) is 2.46. The van der Waals surface area contributed by atoms with Crippen molar-refractivity contribution < 1.29 is 4.74 Å². The van der Waals surface area contributed by atoms with Crippen LogP contribution in [0.25, 0.3) is 0 Å². The zero-order chi connectivity index (χ0) is 12.4. The zero-order valence-corrected chi connectivity index (χ0v) is 11.3. The fraction of sp³-hybridized carbons (Fsp3) is 0.643. The molecule has 2 atom stereocenters. The van der Waals surface area contributed by atoms with E-state index in [2.05, 4.69) is 9.88 Å². The summed E-state index contributed by atoms with van der Waals surface area (Å²) in [4.78, 5) is 6.74. The lowest BCUT2D eigenvalue weighted by Gasteiger charge is -2.45. The Labute approximate surface area is 113 Å². The minimum Gasteiger partial charge on any atom is -0.374 e. The minimum atomic E-state index is 0.399. The molecule has 1 saturated carbocycles. The van der Waals surface area contributed by atoms with E-state index < -0.39 is 0 Å². The molecule has 2 unspecified atom stereocenters. The molecule has 1 aliphatic carbocycles. The van der Waals surface area contributed by atoms with E-state index >= 15 is 0 Å². The van der Waals surface area contributed by atoms with Crippen LogP contribution in [0, 0.1) is 0 Å². The number of anilines is 1. The Morgan fingerprint density at radius 1 is 1.39 bits per heavy atom. The number of fused-ring (bicyclic) bond motifs is 1. The van der Waals surface area contributed by atoms with Crippen LogP contribution in [0.1, 0.15) is 31.2 Å². The number of morpholine rings is 1. The summed E-state index contributed by atoms with van der Waals surface area (Å²) in [6, 6.07) is 2.54. The second-order valence-corrected chi connectivity index (χ2v) is 5.36. The summed E-state index contributed by atoms with van der Waals surface area (Å²) in [5.74, 6) is 0.548. The standard InChI is InChI=1S/C14H19ClN2O/c15-9-11-5-6-16-10-13(11)17-7-8-18-14-4-2-1-3-12(14)17/h5-6,10,12,14H,1-4,7-9H2. The van der Waals surface area contributed by atoms with E-state index in [1.54, 1.807) is 0 Å². The van der Waals surface area contributed by atoms with E-state index in [9.17, 15) is 0 Å². The highest BCUT2D eigenvalue weighted by atomic mass is 35.5. The molecule has 1 aliphatic heterocycles. The van der Waals surface area contributed by atoms with E-state index in [-0.39, 0.29) is 0 Å². The van der Waals surface area contributed by atoms with Gasteiger partial charge in [0.2, 0.25) is 0 Å². The molecule has 0 spiro atoms. The van der Waals surface area contributed by atoms with E-state index in [4.69, 9.17) is 16.3 Å². The van der Waals surface area contributed by atoms with Crippen molar-refractivity contribution in [1.29, 1.82) is 0 Å². The number of alkyl halides is 1. The molecule has 0 radical (unpaired) electrons. The van der Waals surface area contributed by atoms with Crippen LogP contribution in [0.2, 0.25) is 0 Å². The third-order valence-corrected chi connectivity index (χ3v) is 4.36. The van der Waals surface area contributed by atoms with Gasteiger partial charge >= 0.3 is 0 Å². The number of ether oxygens (including phenoxy) is 1. The summed E-state index contributed by atoms with van der Waals surface area (Å²) in [7, 11) is 0. The maximum atomic E-state index is 6.04. The maximum Gasteiger partial charge on any atom is 0.0779 e. The Kier molecular flexibility index (Phi) is 3.71. The van der Waals surface area contributed by atoms with Crippen molar-refractivity contribution in [2.45, 2.75) is 43.7 Å². The highest BCUT2D eigenvalue weighted by Gasteiger charge is 2.34. The van der Waals surface area contributed by atoms with Gasteiger partial charge in [-0.3, -0.25) is 4.98 Å². The molecule has 2 fully saturated rings. The first-order valence-electron chi connectivity index (χ1n) is 6.77. The van der Waals surface area contributed by atoms with Crippen molar-refractivity contribution in [3.05, 3.63) is 24.0 Å². The number of aromatic nitrogens is 1. The molecule has 1 aromatic rings. The topological polar surface area (TPSA) is 25.4 Å². The molecule has 1 aromatic heterocycles. The average molecular weight is 267 g/mol. The number of rotatable bonds is 2. The predicted molar refractivity (Wildman–Crippen MR) is 73.1 cm³/mol. The number of nitrogens with zero attached hydrogens (tertiary/aromatic N) is 2. The van der Waals surface area contributed by atoms with Crippen LogP contribution in [0.4, 0.5) is 5.69 Å². The molecule has 4 heteroatoms. The second kappa shape index (κ2) is 5.45. The highest BCUT2D eigenvalue weighted by Crippen LogP contribution is 2.33. The summed E-state index contributed by atoms with van der Waals surface area (Å²) in [6.07, 6.45) is 9.19. The third-order valence-electron chi connectivity index (χ3n) is 4.07. The summed E-state index contributed by atoms with van der Waals surface area (Å²) in [5.41, 5.74) is 2.38. The lowest BCUT2D eigenvalue weighted by atomic mass is 9.89. The van der Waals surface area contributed by atoms with Gasteiger partial charge in [-0.15, -0.1) is 11.6 Å². The van der Waals surface area contributed by atoms with E-state index in [1.165, 1.54) is 36.9 Å². The van der Waals surface area contributed by atoms with E-state index in [0.717, 1.165) is 13.2 Å². The fourth-order valence-electron chi connectivity index (χ4n) is 3.18. The lowest BCUT2D eigenvalue weighted by Crippen LogP contribution is -2.53. The summed E-state index contributed by atoms with van der Waals surface area (Å²) in [5, 5.41) is 0. The maximum absolute atomic E-state index is 6.04. The minimum absolute atomic E-state index is 0.399. The van der Waals surface area contributed by atoms with Crippen molar-refractivity contribution in [3.63, 3.8) is 0 Å². The molecule has 0 N–H and O–H groups in total. The molecule has 98 valence electrons. The van der Waals surface area contributed by atoms with Crippen molar-refractivity contribution in [1.82, 2.24) is 4.98 Å². The SMILES string of the molecule is ClCc1ccncc1N1CCOC2CCCCC21. The van der Waals surface area contributed by atoms with Gasteiger partial charge in [-0.2, -0.15) is 0 Å². The first-order valence-corrected chi connectivity index (χ1v) is 7.30. The summed E-state index contributed by atoms with van der Waals surface area (Å²) < 4.78 is 5.91. The van der Waals surface area contributed by atoms with Crippen molar-refractivity contribution >= 4 is 17.3 Å². The van der Waals surface area contributed by atoms with Gasteiger partial charge in [0.05, 0.1) is 30.6 Å². The lowest BCUT2D eigenvalue weighted by molar-refractivity contribution is -0.00874. The molecule has 2 heterocycles. The monoisotopic (exact) mass is 266 g/mol. The van der Waals surface area contributed by atoms with Crippen LogP contribution >= 0.6 is 11.6 Å². The van der Waals surface area contributed by atoms with Gasteiger partial charge < -0.3 is 9.64 Å².